The van der Waals surface area contributed by atoms with Gasteiger partial charge in [0.25, 0.3) is 0 Å². The summed E-state index contributed by atoms with van der Waals surface area (Å²) in [5.41, 5.74) is -5.76. The summed E-state index contributed by atoms with van der Waals surface area (Å²) in [6.45, 7) is 3.11. The summed E-state index contributed by atoms with van der Waals surface area (Å²) >= 11 is 0. The van der Waals surface area contributed by atoms with E-state index < -0.39 is 52.4 Å². The topological polar surface area (TPSA) is 17.1 Å². The Morgan fingerprint density at radius 2 is 0.723 bits per heavy atom. The Hall–Kier alpha value is -4.29. The number of benzene rings is 4. The minimum Gasteiger partial charge on any atom is -0.294 e. The van der Waals surface area contributed by atoms with E-state index in [9.17, 15) is 57.5 Å². The molecule has 0 spiro atoms. The van der Waals surface area contributed by atoms with Gasteiger partial charge in [-0.2, -0.15) is 52.7 Å². The number of Topliss-reactive ketones (excluding diaryl/α,β-unsaturated/α-hetero) is 1. The molecule has 0 unspecified atom stereocenters. The number of rotatable bonds is 6. The summed E-state index contributed by atoms with van der Waals surface area (Å²) in [6, 6.07) is 16.2. The van der Waals surface area contributed by atoms with E-state index in [2.05, 4.69) is 0 Å². The average Bonchev–Trinajstić information content (AvgIpc) is 3.00. The van der Waals surface area contributed by atoms with Crippen LogP contribution in [0.5, 0.6) is 0 Å². The van der Waals surface area contributed by atoms with E-state index in [1.165, 1.54) is 37.3 Å². The van der Waals surface area contributed by atoms with Crippen LogP contribution in [0.2, 0.25) is 0 Å². The van der Waals surface area contributed by atoms with Crippen LogP contribution in [-0.4, -0.2) is 5.78 Å². The predicted octanol–water partition coefficient (Wildman–Crippen LogP) is 11.8. The number of alkyl halides is 12. The maximum absolute atomic E-state index is 13.4. The van der Waals surface area contributed by atoms with E-state index in [0.717, 1.165) is 66.7 Å². The van der Waals surface area contributed by atoms with Crippen molar-refractivity contribution in [3.05, 3.63) is 142 Å². The van der Waals surface area contributed by atoms with Crippen molar-refractivity contribution in [3.63, 3.8) is 0 Å². The molecule has 0 saturated heterocycles. The van der Waals surface area contributed by atoms with Crippen LogP contribution in [0.1, 0.15) is 76.0 Å². The highest BCUT2D eigenvalue weighted by atomic mass is 19.4. The second-order valence-electron chi connectivity index (χ2n) is 10.3. The van der Waals surface area contributed by atoms with Crippen LogP contribution in [0.25, 0.3) is 0 Å². The minimum atomic E-state index is -4.75. The van der Waals surface area contributed by atoms with Crippen molar-refractivity contribution < 1.29 is 57.5 Å². The summed E-state index contributed by atoms with van der Waals surface area (Å²) in [4.78, 5) is 11.1. The highest BCUT2D eigenvalue weighted by molar-refractivity contribution is 5.96. The van der Waals surface area contributed by atoms with Crippen molar-refractivity contribution in [2.24, 2.45) is 0 Å². The van der Waals surface area contributed by atoms with Crippen molar-refractivity contribution in [2.45, 2.75) is 56.8 Å². The van der Waals surface area contributed by atoms with E-state index in [1.807, 2.05) is 0 Å². The van der Waals surface area contributed by atoms with Gasteiger partial charge in [-0.3, -0.25) is 4.79 Å². The smallest absolute Gasteiger partial charge is 0.294 e. The van der Waals surface area contributed by atoms with E-state index in [0.29, 0.717) is 0 Å². The SMILES string of the molecule is CCC(=O)c1cccc(C(F)(F)F)c1.CCC(c1cccc(C(F)(F)F)c1)(c1cccc(C(F)(F)F)c1)c1cccc(C(F)(F)F)c1. The molecule has 0 N–H and O–H groups in total. The molecule has 0 aromatic heterocycles. The summed E-state index contributed by atoms with van der Waals surface area (Å²) in [7, 11) is 0. The molecule has 0 atom stereocenters. The molecular formula is C34H26F12O. The number of hydrogen-bond acceptors (Lipinski definition) is 1. The van der Waals surface area contributed by atoms with Gasteiger partial charge in [-0.15, -0.1) is 0 Å². The molecule has 0 fully saturated rings. The van der Waals surface area contributed by atoms with E-state index >= 15 is 0 Å². The lowest BCUT2D eigenvalue weighted by molar-refractivity contribution is -0.138. The van der Waals surface area contributed by atoms with Gasteiger partial charge in [0.2, 0.25) is 0 Å². The maximum atomic E-state index is 13.4. The zero-order valence-electron chi connectivity index (χ0n) is 24.6. The Balaban J connectivity index is 0.000000358. The molecule has 0 aliphatic heterocycles. The van der Waals surface area contributed by atoms with Crippen LogP contribution >= 0.6 is 0 Å². The number of halogens is 12. The van der Waals surface area contributed by atoms with Gasteiger partial charge in [0, 0.05) is 17.4 Å². The molecule has 252 valence electrons. The largest absolute Gasteiger partial charge is 0.416 e. The van der Waals surface area contributed by atoms with Gasteiger partial charge in [-0.05, 0) is 53.4 Å². The lowest BCUT2D eigenvalue weighted by Crippen LogP contribution is -2.30. The molecule has 4 aromatic rings. The third-order valence-electron chi connectivity index (χ3n) is 7.41. The van der Waals surface area contributed by atoms with Crippen LogP contribution in [0.4, 0.5) is 52.7 Å². The first kappa shape index (κ1) is 37.2. The van der Waals surface area contributed by atoms with E-state index in [1.54, 1.807) is 6.92 Å². The van der Waals surface area contributed by atoms with E-state index in [-0.39, 0.29) is 40.9 Å². The zero-order chi connectivity index (χ0) is 35.4. The Labute approximate surface area is 261 Å². The number of ketones is 1. The van der Waals surface area contributed by atoms with Crippen LogP contribution in [0, 0.1) is 0 Å². The third kappa shape index (κ3) is 8.75. The molecular weight excluding hydrogens is 652 g/mol. The van der Waals surface area contributed by atoms with Gasteiger partial charge in [-0.1, -0.05) is 80.6 Å². The molecule has 0 saturated carbocycles. The first-order valence-corrected chi connectivity index (χ1v) is 13.9. The summed E-state index contributed by atoms with van der Waals surface area (Å²) < 4.78 is 157. The highest BCUT2D eigenvalue weighted by Crippen LogP contribution is 2.46. The third-order valence-corrected chi connectivity index (χ3v) is 7.41. The molecule has 0 aliphatic rings. The Kier molecular flexibility index (Phi) is 10.9. The Morgan fingerprint density at radius 3 is 1.00 bits per heavy atom. The zero-order valence-corrected chi connectivity index (χ0v) is 24.6. The average molecular weight is 679 g/mol. The molecule has 0 radical (unpaired) electrons. The minimum absolute atomic E-state index is 0.0709. The van der Waals surface area contributed by atoms with Gasteiger partial charge in [0.1, 0.15) is 0 Å². The lowest BCUT2D eigenvalue weighted by atomic mass is 9.67. The Bertz CT molecular complexity index is 1540. The molecule has 0 bridgehead atoms. The second kappa shape index (κ2) is 13.8. The van der Waals surface area contributed by atoms with Crippen molar-refractivity contribution in [3.8, 4) is 0 Å². The van der Waals surface area contributed by atoms with Crippen molar-refractivity contribution in [2.75, 3.05) is 0 Å². The highest BCUT2D eigenvalue weighted by Gasteiger charge is 2.41. The van der Waals surface area contributed by atoms with Crippen molar-refractivity contribution >= 4 is 5.78 Å². The molecule has 4 aromatic carbocycles. The number of hydrogen-bond donors (Lipinski definition) is 0. The first-order valence-electron chi connectivity index (χ1n) is 13.9. The fraction of sp³-hybridized carbons (Fsp3) is 0.265. The predicted molar refractivity (Wildman–Crippen MR) is 151 cm³/mol. The quantitative estimate of drug-likeness (QED) is 0.113. The first-order chi connectivity index (χ1) is 21.6. The van der Waals surface area contributed by atoms with Crippen molar-refractivity contribution in [1.29, 1.82) is 0 Å². The van der Waals surface area contributed by atoms with Gasteiger partial charge in [0.15, 0.2) is 5.78 Å². The fourth-order valence-corrected chi connectivity index (χ4v) is 5.07. The molecule has 0 aliphatic carbocycles. The molecule has 0 amide bonds. The fourth-order valence-electron chi connectivity index (χ4n) is 5.07. The monoisotopic (exact) mass is 678 g/mol. The molecule has 4 rings (SSSR count). The van der Waals surface area contributed by atoms with Crippen LogP contribution in [0.3, 0.4) is 0 Å². The van der Waals surface area contributed by atoms with Crippen LogP contribution in [0.15, 0.2) is 97.1 Å². The normalized spacial score (nSPS) is 12.7. The molecule has 13 heteroatoms. The summed E-state index contributed by atoms with van der Waals surface area (Å²) in [5.74, 6) is -0.281. The number of carbonyl (C=O) groups is 1. The van der Waals surface area contributed by atoms with Gasteiger partial charge >= 0.3 is 24.7 Å². The Morgan fingerprint density at radius 1 is 0.447 bits per heavy atom. The summed E-state index contributed by atoms with van der Waals surface area (Å²) in [6.07, 6.45) is -18.5. The van der Waals surface area contributed by atoms with E-state index in [4.69, 9.17) is 0 Å². The van der Waals surface area contributed by atoms with Crippen molar-refractivity contribution in [1.82, 2.24) is 0 Å². The maximum Gasteiger partial charge on any atom is 0.416 e. The second-order valence-corrected chi connectivity index (χ2v) is 10.3. The number of carbonyl (C=O) groups excluding carboxylic acids is 1. The summed E-state index contributed by atoms with van der Waals surface area (Å²) in [5, 5.41) is 0. The lowest BCUT2D eigenvalue weighted by Gasteiger charge is -2.36. The van der Waals surface area contributed by atoms with Gasteiger partial charge in [0.05, 0.1) is 22.3 Å². The molecule has 0 heterocycles. The van der Waals surface area contributed by atoms with Crippen LogP contribution < -0.4 is 0 Å². The van der Waals surface area contributed by atoms with Gasteiger partial charge in [-0.25, -0.2) is 0 Å². The molecule has 47 heavy (non-hydrogen) atoms. The molecule has 1 nitrogen and oxygen atoms in total. The van der Waals surface area contributed by atoms with Crippen LogP contribution in [-0.2, 0) is 30.1 Å². The standard InChI is InChI=1S/C24H17F9.C10H9F3O/c1-2-21(15-6-3-9-18(12-15)22(25,26)27,16-7-4-10-19(13-16)23(28,29)30)17-8-5-11-20(14-17)24(31,32)33;1-2-9(14)7-4-3-5-8(6-7)10(11,12)13/h3-14H,2H2,1H3;3-6H,2H2,1H3. The van der Waals surface area contributed by atoms with Gasteiger partial charge < -0.3 is 0 Å².